The van der Waals surface area contributed by atoms with E-state index < -0.39 is 0 Å². The van der Waals surface area contributed by atoms with Crippen molar-refractivity contribution in [3.05, 3.63) is 29.3 Å². The summed E-state index contributed by atoms with van der Waals surface area (Å²) in [4.78, 5) is 1.41. The Hall–Kier alpha value is -0.470. The fourth-order valence-electron chi connectivity index (χ4n) is 2.07. The molecular weight excluding hydrogens is 214 g/mol. The van der Waals surface area contributed by atoms with Crippen LogP contribution in [0.25, 0.3) is 0 Å². The minimum atomic E-state index is 0.723. The molecule has 16 heavy (non-hydrogen) atoms. The number of nitrogens with one attached hydrogen (secondary N) is 1. The average Bonchev–Trinajstić information content (AvgIpc) is 2.32. The lowest BCUT2D eigenvalue weighted by Crippen LogP contribution is -2.35. The molecule has 1 unspecified atom stereocenters. The van der Waals surface area contributed by atoms with Gasteiger partial charge in [0.2, 0.25) is 0 Å². The monoisotopic (exact) mass is 235 g/mol. The quantitative estimate of drug-likeness (QED) is 0.804. The molecule has 0 radical (unpaired) electrons. The van der Waals surface area contributed by atoms with E-state index >= 15 is 0 Å². The molecule has 1 aliphatic rings. The number of hydrogen-bond donors (Lipinski definition) is 1. The van der Waals surface area contributed by atoms with Gasteiger partial charge >= 0.3 is 0 Å². The largest absolute Gasteiger partial charge is 0.313 e. The topological polar surface area (TPSA) is 12.0 Å². The highest BCUT2D eigenvalue weighted by atomic mass is 32.2. The van der Waals surface area contributed by atoms with E-state index in [1.54, 1.807) is 0 Å². The summed E-state index contributed by atoms with van der Waals surface area (Å²) in [7, 11) is 0. The van der Waals surface area contributed by atoms with Crippen LogP contribution < -0.4 is 5.32 Å². The Balaban J connectivity index is 1.86. The van der Waals surface area contributed by atoms with Gasteiger partial charge in [0.1, 0.15) is 0 Å². The van der Waals surface area contributed by atoms with E-state index in [0.29, 0.717) is 0 Å². The lowest BCUT2D eigenvalue weighted by Gasteiger charge is -2.23. The summed E-state index contributed by atoms with van der Waals surface area (Å²) >= 11 is 1.99. The summed E-state index contributed by atoms with van der Waals surface area (Å²) in [6.45, 7) is 5.57. The van der Waals surface area contributed by atoms with Crippen molar-refractivity contribution in [1.82, 2.24) is 5.32 Å². The van der Waals surface area contributed by atoms with Crippen molar-refractivity contribution in [3.63, 3.8) is 0 Å². The Labute approximate surface area is 103 Å². The number of benzene rings is 1. The van der Waals surface area contributed by atoms with Crippen LogP contribution in [0.5, 0.6) is 0 Å². The molecule has 1 fully saturated rings. The molecule has 1 aromatic rings. The van der Waals surface area contributed by atoms with E-state index in [1.165, 1.54) is 47.6 Å². The lowest BCUT2D eigenvalue weighted by molar-refractivity contribution is 0.430. The van der Waals surface area contributed by atoms with Crippen LogP contribution in [0.4, 0.5) is 0 Å². The van der Waals surface area contributed by atoms with Gasteiger partial charge in [-0.1, -0.05) is 12.5 Å². The third kappa shape index (κ3) is 3.26. The first-order valence-corrected chi connectivity index (χ1v) is 7.18. The Morgan fingerprint density at radius 2 is 2.12 bits per heavy atom. The number of piperidine rings is 1. The van der Waals surface area contributed by atoms with Crippen molar-refractivity contribution < 1.29 is 0 Å². The molecule has 2 rings (SSSR count). The molecule has 0 aromatic heterocycles. The maximum absolute atomic E-state index is 3.59. The van der Waals surface area contributed by atoms with Gasteiger partial charge in [-0.15, -0.1) is 11.8 Å². The Bertz CT molecular complexity index is 343. The minimum absolute atomic E-state index is 0.723. The fraction of sp³-hybridized carbons (Fsp3) is 0.571. The number of hydrogen-bond acceptors (Lipinski definition) is 2. The number of rotatable bonds is 3. The summed E-state index contributed by atoms with van der Waals surface area (Å²) in [5.74, 6) is 1.21. The molecule has 1 aromatic carbocycles. The predicted molar refractivity (Wildman–Crippen MR) is 72.3 cm³/mol. The third-order valence-electron chi connectivity index (χ3n) is 3.34. The molecule has 0 spiro atoms. The van der Waals surface area contributed by atoms with E-state index in [2.05, 4.69) is 37.4 Å². The minimum Gasteiger partial charge on any atom is -0.313 e. The van der Waals surface area contributed by atoms with E-state index in [-0.39, 0.29) is 0 Å². The zero-order valence-electron chi connectivity index (χ0n) is 10.3. The zero-order chi connectivity index (χ0) is 11.4. The van der Waals surface area contributed by atoms with Crippen LogP contribution in [0.2, 0.25) is 0 Å². The third-order valence-corrected chi connectivity index (χ3v) is 4.50. The second kappa shape index (κ2) is 5.74. The normalized spacial score (nSPS) is 21.0. The Morgan fingerprint density at radius 3 is 2.81 bits per heavy atom. The summed E-state index contributed by atoms with van der Waals surface area (Å²) in [5, 5.41) is 3.59. The number of thioether (sulfide) groups is 1. The highest BCUT2D eigenvalue weighted by Gasteiger charge is 2.12. The lowest BCUT2D eigenvalue weighted by atomic mass is 10.1. The van der Waals surface area contributed by atoms with E-state index in [9.17, 15) is 0 Å². The Morgan fingerprint density at radius 1 is 1.25 bits per heavy atom. The van der Waals surface area contributed by atoms with Crippen LogP contribution in [0.1, 0.15) is 30.4 Å². The molecule has 1 atom stereocenters. The second-order valence-corrected chi connectivity index (χ2v) is 5.80. The van der Waals surface area contributed by atoms with Gasteiger partial charge in [-0.2, -0.15) is 0 Å². The summed E-state index contributed by atoms with van der Waals surface area (Å²) in [5.41, 5.74) is 2.79. The smallest absolute Gasteiger partial charge is 0.0161 e. The van der Waals surface area contributed by atoms with Gasteiger partial charge in [0.05, 0.1) is 0 Å². The van der Waals surface area contributed by atoms with Crippen LogP contribution in [0, 0.1) is 13.8 Å². The first kappa shape index (κ1) is 12.0. The molecule has 1 N–H and O–H groups in total. The van der Waals surface area contributed by atoms with Gasteiger partial charge in [0.15, 0.2) is 0 Å². The molecule has 1 saturated heterocycles. The van der Waals surface area contributed by atoms with Crippen LogP contribution >= 0.6 is 11.8 Å². The van der Waals surface area contributed by atoms with Gasteiger partial charge in [0.25, 0.3) is 0 Å². The van der Waals surface area contributed by atoms with Gasteiger partial charge in [0, 0.05) is 16.7 Å². The van der Waals surface area contributed by atoms with E-state index in [4.69, 9.17) is 0 Å². The fourth-order valence-corrected chi connectivity index (χ4v) is 3.17. The molecule has 0 saturated carbocycles. The molecule has 0 bridgehead atoms. The second-order valence-electron chi connectivity index (χ2n) is 4.70. The standard InChI is InChI=1S/C14H21NS/c1-11-6-7-14(9-12(11)2)16-10-13-5-3-4-8-15-13/h6-7,9,13,15H,3-5,8,10H2,1-2H3. The first-order chi connectivity index (χ1) is 7.75. The zero-order valence-corrected chi connectivity index (χ0v) is 11.1. The highest BCUT2D eigenvalue weighted by molar-refractivity contribution is 7.99. The van der Waals surface area contributed by atoms with Crippen molar-refractivity contribution in [2.24, 2.45) is 0 Å². The maximum Gasteiger partial charge on any atom is 0.0161 e. The Kier molecular flexibility index (Phi) is 4.30. The van der Waals surface area contributed by atoms with E-state index in [0.717, 1.165) is 6.04 Å². The molecule has 2 heteroatoms. The predicted octanol–water partition coefficient (Wildman–Crippen LogP) is 3.54. The van der Waals surface area contributed by atoms with Crippen molar-refractivity contribution in [3.8, 4) is 0 Å². The molecule has 0 amide bonds. The highest BCUT2D eigenvalue weighted by Crippen LogP contribution is 2.23. The molecule has 1 heterocycles. The molecular formula is C14H21NS. The van der Waals surface area contributed by atoms with Crippen molar-refractivity contribution >= 4 is 11.8 Å². The SMILES string of the molecule is Cc1ccc(SCC2CCCCN2)cc1C. The van der Waals surface area contributed by atoms with Crippen molar-refractivity contribution in [2.45, 2.75) is 44.0 Å². The maximum atomic E-state index is 3.59. The van der Waals surface area contributed by atoms with E-state index in [1.807, 2.05) is 11.8 Å². The molecule has 88 valence electrons. The summed E-state index contributed by atoms with van der Waals surface area (Å²) in [6, 6.07) is 7.50. The first-order valence-electron chi connectivity index (χ1n) is 6.19. The van der Waals surface area contributed by atoms with Crippen LogP contribution in [0.3, 0.4) is 0 Å². The summed E-state index contributed by atoms with van der Waals surface area (Å²) < 4.78 is 0. The van der Waals surface area contributed by atoms with Crippen molar-refractivity contribution in [2.75, 3.05) is 12.3 Å². The van der Waals surface area contributed by atoms with Gasteiger partial charge in [-0.05, 0) is 56.5 Å². The van der Waals surface area contributed by atoms with Crippen LogP contribution in [-0.2, 0) is 0 Å². The van der Waals surface area contributed by atoms with Gasteiger partial charge in [-0.25, -0.2) is 0 Å². The van der Waals surface area contributed by atoms with Gasteiger partial charge in [-0.3, -0.25) is 0 Å². The summed E-state index contributed by atoms with van der Waals surface area (Å²) in [6.07, 6.45) is 4.09. The van der Waals surface area contributed by atoms with Gasteiger partial charge < -0.3 is 5.32 Å². The van der Waals surface area contributed by atoms with Crippen LogP contribution in [0.15, 0.2) is 23.1 Å². The van der Waals surface area contributed by atoms with Crippen molar-refractivity contribution in [1.29, 1.82) is 0 Å². The average molecular weight is 235 g/mol. The molecule has 1 nitrogen and oxygen atoms in total. The molecule has 1 aliphatic heterocycles. The van der Waals surface area contributed by atoms with Crippen LogP contribution in [-0.4, -0.2) is 18.3 Å². The number of aryl methyl sites for hydroxylation is 2. The molecule has 0 aliphatic carbocycles.